The van der Waals surface area contributed by atoms with Crippen LogP contribution in [0.4, 0.5) is 15.9 Å². The highest BCUT2D eigenvalue weighted by atomic mass is 35.5. The predicted molar refractivity (Wildman–Crippen MR) is 91.8 cm³/mol. The van der Waals surface area contributed by atoms with Crippen molar-refractivity contribution in [2.45, 2.75) is 0 Å². The Morgan fingerprint density at radius 1 is 1.00 bits per heavy atom. The summed E-state index contributed by atoms with van der Waals surface area (Å²) in [5, 5.41) is 10.7. The maximum absolute atomic E-state index is 13.4. The maximum atomic E-state index is 13.4. The molecule has 0 bridgehead atoms. The number of fused-ring (bicyclic) bond motifs is 1. The van der Waals surface area contributed by atoms with Gasteiger partial charge < -0.3 is 5.32 Å². The van der Waals surface area contributed by atoms with Gasteiger partial charge in [-0.05, 0) is 41.4 Å². The fourth-order valence-electron chi connectivity index (χ4n) is 2.46. The van der Waals surface area contributed by atoms with Crippen LogP contribution in [0.25, 0.3) is 22.0 Å². The van der Waals surface area contributed by atoms with Crippen molar-refractivity contribution in [3.05, 3.63) is 66.0 Å². The quantitative estimate of drug-likeness (QED) is 0.537. The minimum absolute atomic E-state index is 0.0608. The zero-order valence-electron chi connectivity index (χ0n) is 12.3. The van der Waals surface area contributed by atoms with E-state index in [2.05, 4.69) is 25.5 Å². The monoisotopic (exact) mass is 339 g/mol. The molecule has 2 N–H and O–H groups in total. The number of rotatable bonds is 3. The first kappa shape index (κ1) is 14.6. The summed E-state index contributed by atoms with van der Waals surface area (Å²) in [6.07, 6.45) is 3.59. The highest BCUT2D eigenvalue weighted by molar-refractivity contribution is 6.28. The molecule has 4 aromatic rings. The Morgan fingerprint density at radius 3 is 2.58 bits per heavy atom. The Morgan fingerprint density at radius 2 is 1.83 bits per heavy atom. The number of aromatic amines is 1. The van der Waals surface area contributed by atoms with E-state index in [0.29, 0.717) is 16.7 Å². The number of hydrogen-bond acceptors (Lipinski definition) is 4. The lowest BCUT2D eigenvalue weighted by atomic mass is 10.1. The summed E-state index contributed by atoms with van der Waals surface area (Å²) >= 11 is 5.94. The summed E-state index contributed by atoms with van der Waals surface area (Å²) in [6.45, 7) is 0. The molecule has 7 heteroatoms. The lowest BCUT2D eigenvalue weighted by Gasteiger charge is -2.09. The summed E-state index contributed by atoms with van der Waals surface area (Å²) in [5.74, 6) is 0.161. The fraction of sp³-hybridized carbons (Fsp3) is 0. The molecular weight excluding hydrogens is 329 g/mol. The van der Waals surface area contributed by atoms with Crippen molar-refractivity contribution in [2.75, 3.05) is 5.32 Å². The molecule has 2 aromatic carbocycles. The molecule has 2 aromatic heterocycles. The molecule has 0 saturated carbocycles. The van der Waals surface area contributed by atoms with Gasteiger partial charge >= 0.3 is 0 Å². The second kappa shape index (κ2) is 5.90. The summed E-state index contributed by atoms with van der Waals surface area (Å²) in [7, 11) is 0. The molecule has 0 radical (unpaired) electrons. The Kier molecular flexibility index (Phi) is 3.59. The van der Waals surface area contributed by atoms with Crippen LogP contribution in [0.1, 0.15) is 0 Å². The van der Waals surface area contributed by atoms with Gasteiger partial charge in [0.25, 0.3) is 0 Å². The zero-order valence-corrected chi connectivity index (χ0v) is 13.0. The van der Waals surface area contributed by atoms with Crippen molar-refractivity contribution in [2.24, 2.45) is 0 Å². The van der Waals surface area contributed by atoms with E-state index in [1.54, 1.807) is 12.3 Å². The zero-order chi connectivity index (χ0) is 16.5. The van der Waals surface area contributed by atoms with E-state index < -0.39 is 0 Å². The third-order valence-electron chi connectivity index (χ3n) is 3.61. The molecule has 5 nitrogen and oxygen atoms in total. The normalized spacial score (nSPS) is 10.9. The van der Waals surface area contributed by atoms with Crippen molar-refractivity contribution < 1.29 is 4.39 Å². The minimum atomic E-state index is -0.368. The van der Waals surface area contributed by atoms with E-state index in [1.165, 1.54) is 12.1 Å². The first-order valence-corrected chi connectivity index (χ1v) is 7.56. The number of H-pyrrole nitrogens is 1. The largest absolute Gasteiger partial charge is 0.340 e. The molecule has 0 fully saturated rings. The maximum Gasteiger partial charge on any atom is 0.224 e. The summed E-state index contributed by atoms with van der Waals surface area (Å²) in [4.78, 5) is 8.25. The Labute approximate surface area is 141 Å². The summed E-state index contributed by atoms with van der Waals surface area (Å²) in [5.41, 5.74) is 3.34. The van der Waals surface area contributed by atoms with Gasteiger partial charge in [0.1, 0.15) is 11.6 Å². The Hall–Kier alpha value is -2.99. The summed E-state index contributed by atoms with van der Waals surface area (Å²) in [6, 6.07) is 12.1. The first-order valence-electron chi connectivity index (χ1n) is 7.18. The lowest BCUT2D eigenvalue weighted by Crippen LogP contribution is -1.97. The first-order chi connectivity index (χ1) is 11.7. The molecule has 0 saturated heterocycles. The van der Waals surface area contributed by atoms with Crippen LogP contribution in [-0.2, 0) is 0 Å². The number of halogens is 2. The average Bonchev–Trinajstić information content (AvgIpc) is 3.09. The van der Waals surface area contributed by atoms with E-state index in [-0.39, 0.29) is 11.1 Å². The van der Waals surface area contributed by atoms with Gasteiger partial charge in [0.2, 0.25) is 5.28 Å². The Bertz CT molecular complexity index is 994. The lowest BCUT2D eigenvalue weighted by molar-refractivity contribution is 0.629. The number of nitrogens with one attached hydrogen (secondary N) is 2. The van der Waals surface area contributed by atoms with E-state index in [0.717, 1.165) is 16.8 Å². The second-order valence-corrected chi connectivity index (χ2v) is 5.53. The third kappa shape index (κ3) is 2.79. The number of hydrogen-bond donors (Lipinski definition) is 2. The molecule has 0 aliphatic carbocycles. The number of nitrogens with zero attached hydrogens (tertiary/aromatic N) is 3. The standard InChI is InChI=1S/C17H11ClFN5/c18-17-23-15-7-12(19)3-6-14(15)16(24-17)22-13-4-1-10(2-5-13)11-8-20-21-9-11/h1-9H,(H,20,21)(H,22,23,24). The van der Waals surface area contributed by atoms with E-state index in [9.17, 15) is 4.39 Å². The highest BCUT2D eigenvalue weighted by Gasteiger charge is 2.08. The van der Waals surface area contributed by atoms with Gasteiger partial charge in [-0.3, -0.25) is 5.10 Å². The van der Waals surface area contributed by atoms with Crippen LogP contribution in [0.2, 0.25) is 5.28 Å². The van der Waals surface area contributed by atoms with Gasteiger partial charge in [-0.25, -0.2) is 9.37 Å². The van der Waals surface area contributed by atoms with Crippen LogP contribution in [0.15, 0.2) is 54.9 Å². The van der Waals surface area contributed by atoms with E-state index in [1.807, 2.05) is 30.5 Å². The number of aromatic nitrogens is 4. The second-order valence-electron chi connectivity index (χ2n) is 5.19. The van der Waals surface area contributed by atoms with Crippen molar-refractivity contribution in [1.82, 2.24) is 20.2 Å². The molecule has 0 amide bonds. The van der Waals surface area contributed by atoms with Crippen molar-refractivity contribution in [3.63, 3.8) is 0 Å². The number of benzene rings is 2. The fourth-order valence-corrected chi connectivity index (χ4v) is 2.64. The SMILES string of the molecule is Fc1ccc2c(Nc3ccc(-c4cn[nH]c4)cc3)nc(Cl)nc2c1. The molecule has 0 aliphatic rings. The van der Waals surface area contributed by atoms with Crippen LogP contribution in [0, 0.1) is 5.82 Å². The van der Waals surface area contributed by atoms with Gasteiger partial charge in [-0.2, -0.15) is 10.1 Å². The van der Waals surface area contributed by atoms with Crippen LogP contribution < -0.4 is 5.32 Å². The molecule has 2 heterocycles. The molecule has 0 spiro atoms. The third-order valence-corrected chi connectivity index (χ3v) is 3.78. The van der Waals surface area contributed by atoms with Crippen molar-refractivity contribution in [3.8, 4) is 11.1 Å². The van der Waals surface area contributed by atoms with E-state index >= 15 is 0 Å². The summed E-state index contributed by atoms with van der Waals surface area (Å²) < 4.78 is 13.4. The van der Waals surface area contributed by atoms with Crippen LogP contribution in [0.5, 0.6) is 0 Å². The van der Waals surface area contributed by atoms with Crippen molar-refractivity contribution in [1.29, 1.82) is 0 Å². The smallest absolute Gasteiger partial charge is 0.224 e. The van der Waals surface area contributed by atoms with Gasteiger partial charge in [0, 0.05) is 28.9 Å². The van der Waals surface area contributed by atoms with E-state index in [4.69, 9.17) is 11.6 Å². The van der Waals surface area contributed by atoms with Crippen LogP contribution in [0.3, 0.4) is 0 Å². The van der Waals surface area contributed by atoms with Gasteiger partial charge in [-0.15, -0.1) is 0 Å². The van der Waals surface area contributed by atoms with Crippen LogP contribution >= 0.6 is 11.6 Å². The topological polar surface area (TPSA) is 66.5 Å². The predicted octanol–water partition coefficient (Wildman–Crippen LogP) is 4.56. The molecule has 4 rings (SSSR count). The molecule has 0 aliphatic heterocycles. The number of anilines is 2. The molecule has 118 valence electrons. The minimum Gasteiger partial charge on any atom is -0.340 e. The van der Waals surface area contributed by atoms with Gasteiger partial charge in [0.05, 0.1) is 11.7 Å². The molecule has 0 unspecified atom stereocenters. The molecule has 0 atom stereocenters. The average molecular weight is 340 g/mol. The highest BCUT2D eigenvalue weighted by Crippen LogP contribution is 2.27. The Balaban J connectivity index is 1.69. The van der Waals surface area contributed by atoms with Crippen molar-refractivity contribution >= 4 is 34.0 Å². The van der Waals surface area contributed by atoms with Gasteiger partial charge in [0.15, 0.2) is 0 Å². The van der Waals surface area contributed by atoms with Gasteiger partial charge in [-0.1, -0.05) is 12.1 Å². The van der Waals surface area contributed by atoms with Crippen LogP contribution in [-0.4, -0.2) is 20.2 Å². The molecular formula is C17H11ClFN5. The molecule has 24 heavy (non-hydrogen) atoms.